The van der Waals surface area contributed by atoms with Gasteiger partial charge in [0, 0.05) is 60.6 Å². The van der Waals surface area contributed by atoms with E-state index in [0.717, 1.165) is 56.0 Å². The largest absolute Gasteiger partial charge is 0.380 e. The van der Waals surface area contributed by atoms with Gasteiger partial charge in [0.15, 0.2) is 11.6 Å². The molecule has 6 heterocycles. The van der Waals surface area contributed by atoms with E-state index in [4.69, 9.17) is 19.4 Å². The predicted octanol–water partition coefficient (Wildman–Crippen LogP) is 4.01. The van der Waals surface area contributed by atoms with E-state index in [1.165, 1.54) is 0 Å². The number of nitrogens with one attached hydrogen (secondary N) is 1. The van der Waals surface area contributed by atoms with Gasteiger partial charge in [-0.25, -0.2) is 15.0 Å². The van der Waals surface area contributed by atoms with Gasteiger partial charge in [0.2, 0.25) is 0 Å². The summed E-state index contributed by atoms with van der Waals surface area (Å²) in [7, 11) is 3.66. The molecule has 0 spiro atoms. The Kier molecular flexibility index (Phi) is 5.28. The highest BCUT2D eigenvalue weighted by atomic mass is 32.1. The number of H-pyrrole nitrogens is 1. The van der Waals surface area contributed by atoms with Gasteiger partial charge in [-0.2, -0.15) is 5.10 Å². The van der Waals surface area contributed by atoms with Crippen LogP contribution in [0.2, 0.25) is 0 Å². The lowest BCUT2D eigenvalue weighted by molar-refractivity contribution is 0.0987. The lowest BCUT2D eigenvalue weighted by Gasteiger charge is -2.34. The van der Waals surface area contributed by atoms with Crippen LogP contribution in [-0.4, -0.2) is 62.6 Å². The van der Waals surface area contributed by atoms with Crippen LogP contribution in [0.15, 0.2) is 36.1 Å². The Hall–Kier alpha value is -3.34. The second-order valence-electron chi connectivity index (χ2n) is 8.49. The number of anilines is 1. The molecule has 0 aromatic carbocycles. The van der Waals surface area contributed by atoms with Gasteiger partial charge in [-0.1, -0.05) is 0 Å². The topological polar surface area (TPSA) is 94.0 Å². The molecule has 9 nitrogen and oxygen atoms in total. The molecule has 1 atom stereocenters. The van der Waals surface area contributed by atoms with E-state index < -0.39 is 0 Å². The van der Waals surface area contributed by atoms with Crippen molar-refractivity contribution in [1.82, 2.24) is 29.7 Å². The third kappa shape index (κ3) is 3.37. The number of thiophene rings is 1. The Morgan fingerprint density at radius 1 is 1.26 bits per heavy atom. The molecule has 6 rings (SSSR count). The van der Waals surface area contributed by atoms with Gasteiger partial charge in [-0.05, 0) is 19.1 Å². The van der Waals surface area contributed by atoms with Crippen molar-refractivity contribution in [2.75, 3.05) is 31.8 Å². The Morgan fingerprint density at radius 3 is 3.03 bits per heavy atom. The SMILES string of the molecule is COCc1cnn(C)c1-c1csc2c(N3CCOC[C@H]3C)nc(-c3ccnc4[nH]ccc34)nc12. The molecule has 0 aliphatic carbocycles. The first kappa shape index (κ1) is 21.2. The molecule has 0 amide bonds. The number of rotatable bonds is 5. The van der Waals surface area contributed by atoms with E-state index in [1.54, 1.807) is 24.6 Å². The van der Waals surface area contributed by atoms with Gasteiger partial charge in [0.1, 0.15) is 5.65 Å². The highest BCUT2D eigenvalue weighted by Gasteiger charge is 2.27. The molecular weight excluding hydrogens is 450 g/mol. The predicted molar refractivity (Wildman–Crippen MR) is 133 cm³/mol. The first-order valence-electron chi connectivity index (χ1n) is 11.2. The van der Waals surface area contributed by atoms with Crippen LogP contribution >= 0.6 is 11.3 Å². The molecule has 1 aliphatic rings. The molecule has 1 saturated heterocycles. The summed E-state index contributed by atoms with van der Waals surface area (Å²) >= 11 is 1.67. The smallest absolute Gasteiger partial charge is 0.163 e. The first-order valence-corrected chi connectivity index (χ1v) is 12.1. The number of methoxy groups -OCH3 is 1. The number of ether oxygens (including phenoxy) is 2. The maximum Gasteiger partial charge on any atom is 0.163 e. The van der Waals surface area contributed by atoms with Crippen LogP contribution in [-0.2, 0) is 23.1 Å². The molecule has 174 valence electrons. The standard InChI is InChI=1S/C24H25N7O2S/c1-14-11-33-9-8-31(14)24-21-19(18(13-34-21)20-15(12-32-3)10-27-30(20)2)28-23(29-24)17-5-7-26-22-16(17)4-6-25-22/h4-7,10,13-14H,8-9,11-12H2,1-3H3,(H,25,26)/t14-/m1/s1. The normalized spacial score (nSPS) is 16.7. The van der Waals surface area contributed by atoms with Crippen LogP contribution in [0.4, 0.5) is 5.82 Å². The molecule has 10 heteroatoms. The minimum Gasteiger partial charge on any atom is -0.380 e. The highest BCUT2D eigenvalue weighted by Crippen LogP contribution is 2.41. The van der Waals surface area contributed by atoms with Crippen molar-refractivity contribution < 1.29 is 9.47 Å². The summed E-state index contributed by atoms with van der Waals surface area (Å²) in [5, 5.41) is 7.65. The number of hydrogen-bond acceptors (Lipinski definition) is 8. The first-order chi connectivity index (χ1) is 16.7. The Morgan fingerprint density at radius 2 is 2.18 bits per heavy atom. The average molecular weight is 476 g/mol. The number of fused-ring (bicyclic) bond motifs is 2. The van der Waals surface area contributed by atoms with E-state index >= 15 is 0 Å². The van der Waals surface area contributed by atoms with Crippen molar-refractivity contribution in [2.45, 2.75) is 19.6 Å². The molecule has 0 bridgehead atoms. The van der Waals surface area contributed by atoms with E-state index in [2.05, 4.69) is 32.3 Å². The van der Waals surface area contributed by atoms with Crippen molar-refractivity contribution in [1.29, 1.82) is 0 Å². The van der Waals surface area contributed by atoms with Gasteiger partial charge in [0.05, 0.1) is 48.0 Å². The van der Waals surface area contributed by atoms with E-state index in [-0.39, 0.29) is 6.04 Å². The number of aromatic amines is 1. The lowest BCUT2D eigenvalue weighted by Crippen LogP contribution is -2.44. The van der Waals surface area contributed by atoms with Crippen LogP contribution in [0.3, 0.4) is 0 Å². The molecule has 1 fully saturated rings. The number of nitrogens with zero attached hydrogens (tertiary/aromatic N) is 6. The lowest BCUT2D eigenvalue weighted by atomic mass is 10.1. The quantitative estimate of drug-likeness (QED) is 0.410. The van der Waals surface area contributed by atoms with Gasteiger partial charge in [0.25, 0.3) is 0 Å². The van der Waals surface area contributed by atoms with Gasteiger partial charge < -0.3 is 19.4 Å². The second-order valence-corrected chi connectivity index (χ2v) is 9.37. The monoisotopic (exact) mass is 475 g/mol. The van der Waals surface area contributed by atoms with Crippen molar-refractivity contribution in [3.05, 3.63) is 41.7 Å². The van der Waals surface area contributed by atoms with E-state index in [1.807, 2.05) is 36.3 Å². The van der Waals surface area contributed by atoms with Crippen molar-refractivity contribution >= 4 is 38.4 Å². The maximum absolute atomic E-state index is 5.71. The maximum atomic E-state index is 5.71. The van der Waals surface area contributed by atoms with E-state index in [9.17, 15) is 0 Å². The summed E-state index contributed by atoms with van der Waals surface area (Å²) < 4.78 is 14.1. The highest BCUT2D eigenvalue weighted by molar-refractivity contribution is 7.18. The summed E-state index contributed by atoms with van der Waals surface area (Å²) in [6, 6.07) is 4.22. The number of hydrogen-bond donors (Lipinski definition) is 1. The summed E-state index contributed by atoms with van der Waals surface area (Å²) in [5.41, 5.74) is 5.78. The van der Waals surface area contributed by atoms with Crippen molar-refractivity contribution in [3.8, 4) is 22.6 Å². The minimum absolute atomic E-state index is 0.218. The fourth-order valence-electron chi connectivity index (χ4n) is 4.68. The Labute approximate surface area is 200 Å². The molecule has 34 heavy (non-hydrogen) atoms. The van der Waals surface area contributed by atoms with Gasteiger partial charge in [-0.3, -0.25) is 4.68 Å². The Balaban J connectivity index is 1.63. The van der Waals surface area contributed by atoms with Crippen molar-refractivity contribution in [2.24, 2.45) is 7.05 Å². The molecule has 0 radical (unpaired) electrons. The number of pyridine rings is 1. The molecule has 1 aliphatic heterocycles. The number of aromatic nitrogens is 6. The minimum atomic E-state index is 0.218. The fourth-order valence-corrected chi connectivity index (χ4v) is 5.67. The average Bonchev–Trinajstić information content (AvgIpc) is 3.57. The zero-order valence-corrected chi connectivity index (χ0v) is 20.1. The third-order valence-electron chi connectivity index (χ3n) is 6.31. The summed E-state index contributed by atoms with van der Waals surface area (Å²) in [4.78, 5) is 20.2. The summed E-state index contributed by atoms with van der Waals surface area (Å²) in [6.07, 6.45) is 5.56. The number of morpholine rings is 1. The summed E-state index contributed by atoms with van der Waals surface area (Å²) in [6.45, 7) is 4.81. The zero-order chi connectivity index (χ0) is 23.2. The third-order valence-corrected chi connectivity index (χ3v) is 7.27. The van der Waals surface area contributed by atoms with E-state index in [0.29, 0.717) is 25.6 Å². The second kappa shape index (κ2) is 8.46. The van der Waals surface area contributed by atoms with Crippen LogP contribution in [0.5, 0.6) is 0 Å². The number of aryl methyl sites for hydroxylation is 1. The molecule has 5 aromatic rings. The summed E-state index contributed by atoms with van der Waals surface area (Å²) in [5.74, 6) is 1.63. The van der Waals surface area contributed by atoms with Crippen LogP contribution < -0.4 is 4.90 Å². The van der Waals surface area contributed by atoms with Gasteiger partial charge >= 0.3 is 0 Å². The Bertz CT molecular complexity index is 1490. The molecule has 0 saturated carbocycles. The van der Waals surface area contributed by atoms with Crippen LogP contribution in [0.25, 0.3) is 43.9 Å². The fraction of sp³-hybridized carbons (Fsp3) is 0.333. The molecule has 1 N–H and O–H groups in total. The van der Waals surface area contributed by atoms with Gasteiger partial charge in [-0.15, -0.1) is 11.3 Å². The molecular formula is C24H25N7O2S. The molecule has 5 aromatic heterocycles. The zero-order valence-electron chi connectivity index (χ0n) is 19.3. The van der Waals surface area contributed by atoms with Crippen LogP contribution in [0.1, 0.15) is 12.5 Å². The van der Waals surface area contributed by atoms with Crippen LogP contribution in [0, 0.1) is 0 Å². The molecule has 0 unspecified atom stereocenters. The van der Waals surface area contributed by atoms with Crippen molar-refractivity contribution in [3.63, 3.8) is 0 Å².